The molecule has 0 bridgehead atoms. The number of rotatable bonds is 0. The molecule has 0 aliphatic carbocycles. The lowest BCUT2D eigenvalue weighted by Gasteiger charge is -1.92. The molecule has 0 N–H and O–H groups in total. The molecule has 1 heterocycles. The Morgan fingerprint density at radius 3 is 2.00 bits per heavy atom. The number of hydrogen-bond donors (Lipinski definition) is 0. The second-order valence-electron chi connectivity index (χ2n) is 2.97. The van der Waals surface area contributed by atoms with Crippen molar-refractivity contribution in [2.75, 3.05) is 6.54 Å². The van der Waals surface area contributed by atoms with Crippen molar-refractivity contribution in [3.05, 3.63) is 24.3 Å². The Balaban J connectivity index is 2.30. The van der Waals surface area contributed by atoms with Crippen molar-refractivity contribution in [1.29, 1.82) is 0 Å². The molecule has 0 fully saturated rings. The summed E-state index contributed by atoms with van der Waals surface area (Å²) in [7, 11) is 0. The SMILES string of the molecule is C1=C/CC/C=N/CC/C=C/CC/1. The standard InChI is InChI=1S/C11H17N/c1-2-4-6-8-10-12-11-9-7-5-3-1/h2,4-5,7,10H,1,3,6,8-9,11H2/b4-2+,7-5+,12-10+. The minimum Gasteiger partial charge on any atom is -0.297 e. The van der Waals surface area contributed by atoms with Crippen LogP contribution in [0.4, 0.5) is 0 Å². The largest absolute Gasteiger partial charge is 0.297 e. The van der Waals surface area contributed by atoms with Gasteiger partial charge in [0.25, 0.3) is 0 Å². The first-order valence-corrected chi connectivity index (χ1v) is 4.78. The minimum atomic E-state index is 0.959. The molecule has 0 radical (unpaired) electrons. The number of allylic oxidation sites excluding steroid dienone is 3. The predicted octanol–water partition coefficient (Wildman–Crippen LogP) is 3.13. The van der Waals surface area contributed by atoms with Crippen molar-refractivity contribution in [3.63, 3.8) is 0 Å². The molecule has 1 nitrogen and oxygen atoms in total. The quantitative estimate of drug-likeness (QED) is 0.486. The Morgan fingerprint density at radius 1 is 0.667 bits per heavy atom. The van der Waals surface area contributed by atoms with Crippen LogP contribution >= 0.6 is 0 Å². The molecule has 0 saturated carbocycles. The van der Waals surface area contributed by atoms with Crippen molar-refractivity contribution in [2.45, 2.75) is 32.1 Å². The summed E-state index contributed by atoms with van der Waals surface area (Å²) in [5.41, 5.74) is 0. The lowest BCUT2D eigenvalue weighted by Crippen LogP contribution is -1.81. The highest BCUT2D eigenvalue weighted by Gasteiger charge is 1.82. The number of aliphatic imine (C=N–C) groups is 1. The van der Waals surface area contributed by atoms with E-state index in [1.54, 1.807) is 0 Å². The van der Waals surface area contributed by atoms with Gasteiger partial charge >= 0.3 is 0 Å². The molecule has 1 aliphatic rings. The van der Waals surface area contributed by atoms with Gasteiger partial charge in [0.15, 0.2) is 0 Å². The van der Waals surface area contributed by atoms with Crippen LogP contribution in [0.3, 0.4) is 0 Å². The molecule has 0 aromatic carbocycles. The Hall–Kier alpha value is -0.850. The van der Waals surface area contributed by atoms with E-state index in [9.17, 15) is 0 Å². The molecule has 1 rings (SSSR count). The normalized spacial score (nSPS) is 28.0. The van der Waals surface area contributed by atoms with Crippen LogP contribution in [-0.4, -0.2) is 12.8 Å². The van der Waals surface area contributed by atoms with Crippen molar-refractivity contribution in [2.24, 2.45) is 4.99 Å². The zero-order valence-electron chi connectivity index (χ0n) is 7.58. The third-order valence-electron chi connectivity index (χ3n) is 1.85. The van der Waals surface area contributed by atoms with Crippen LogP contribution in [-0.2, 0) is 0 Å². The lowest BCUT2D eigenvalue weighted by molar-refractivity contribution is 0.961. The molecule has 0 amide bonds. The highest BCUT2D eigenvalue weighted by atomic mass is 14.7. The first kappa shape index (κ1) is 9.24. The van der Waals surface area contributed by atoms with Gasteiger partial charge in [-0.1, -0.05) is 24.3 Å². The van der Waals surface area contributed by atoms with E-state index in [-0.39, 0.29) is 0 Å². The molecular weight excluding hydrogens is 146 g/mol. The molecule has 0 atom stereocenters. The van der Waals surface area contributed by atoms with Gasteiger partial charge in [0.1, 0.15) is 0 Å². The van der Waals surface area contributed by atoms with Crippen LogP contribution in [0.15, 0.2) is 29.3 Å². The van der Waals surface area contributed by atoms with Crippen LogP contribution in [0.5, 0.6) is 0 Å². The van der Waals surface area contributed by atoms with Crippen molar-refractivity contribution in [1.82, 2.24) is 0 Å². The summed E-state index contributed by atoms with van der Waals surface area (Å²) in [5.74, 6) is 0. The van der Waals surface area contributed by atoms with Gasteiger partial charge in [-0.15, -0.1) is 0 Å². The Morgan fingerprint density at radius 2 is 1.25 bits per heavy atom. The van der Waals surface area contributed by atoms with Crippen LogP contribution in [0.1, 0.15) is 32.1 Å². The van der Waals surface area contributed by atoms with Gasteiger partial charge in [0, 0.05) is 6.54 Å². The lowest BCUT2D eigenvalue weighted by atomic mass is 10.2. The molecule has 0 unspecified atom stereocenters. The summed E-state index contributed by atoms with van der Waals surface area (Å²) in [6.45, 7) is 0.959. The Kier molecular flexibility index (Phi) is 5.26. The fraction of sp³-hybridized carbons (Fsp3) is 0.545. The molecule has 0 aromatic rings. The van der Waals surface area contributed by atoms with Gasteiger partial charge in [-0.05, 0) is 38.3 Å². The van der Waals surface area contributed by atoms with Crippen molar-refractivity contribution in [3.8, 4) is 0 Å². The minimum absolute atomic E-state index is 0.959. The maximum Gasteiger partial charge on any atom is 0.0419 e. The highest BCUT2D eigenvalue weighted by molar-refractivity contribution is 5.57. The summed E-state index contributed by atoms with van der Waals surface area (Å²) < 4.78 is 0. The Bertz CT molecular complexity index is 126. The van der Waals surface area contributed by atoms with Gasteiger partial charge < -0.3 is 0 Å². The zero-order valence-corrected chi connectivity index (χ0v) is 7.58. The Labute approximate surface area is 74.9 Å². The third-order valence-corrected chi connectivity index (χ3v) is 1.85. The molecule has 0 spiro atoms. The van der Waals surface area contributed by atoms with Crippen molar-refractivity contribution < 1.29 is 0 Å². The van der Waals surface area contributed by atoms with E-state index in [0.29, 0.717) is 0 Å². The summed E-state index contributed by atoms with van der Waals surface area (Å²) in [6.07, 6.45) is 16.7. The average Bonchev–Trinajstić information content (AvgIpc) is 2.05. The maximum absolute atomic E-state index is 4.29. The molecule has 1 aliphatic heterocycles. The van der Waals surface area contributed by atoms with E-state index in [1.165, 1.54) is 12.8 Å². The van der Waals surface area contributed by atoms with Gasteiger partial charge in [0.05, 0.1) is 0 Å². The predicted molar refractivity (Wildman–Crippen MR) is 54.7 cm³/mol. The average molecular weight is 163 g/mol. The van der Waals surface area contributed by atoms with E-state index in [4.69, 9.17) is 0 Å². The van der Waals surface area contributed by atoms with E-state index in [0.717, 1.165) is 25.8 Å². The van der Waals surface area contributed by atoms with Gasteiger partial charge in [-0.25, -0.2) is 0 Å². The number of nitrogens with zero attached hydrogens (tertiary/aromatic N) is 1. The van der Waals surface area contributed by atoms with E-state index in [2.05, 4.69) is 29.3 Å². The molecule has 66 valence electrons. The molecular formula is C11H17N. The van der Waals surface area contributed by atoms with E-state index in [1.807, 2.05) is 6.21 Å². The smallest absolute Gasteiger partial charge is 0.0419 e. The van der Waals surface area contributed by atoms with Gasteiger partial charge in [0.2, 0.25) is 0 Å². The number of hydrogen-bond acceptors (Lipinski definition) is 1. The third kappa shape index (κ3) is 4.89. The first-order chi connectivity index (χ1) is 6.00. The van der Waals surface area contributed by atoms with Crippen LogP contribution in [0.2, 0.25) is 0 Å². The fourth-order valence-electron chi connectivity index (χ4n) is 1.17. The van der Waals surface area contributed by atoms with Gasteiger partial charge in [-0.3, -0.25) is 4.99 Å². The summed E-state index contributed by atoms with van der Waals surface area (Å²) in [5, 5.41) is 0. The monoisotopic (exact) mass is 163 g/mol. The molecule has 0 saturated heterocycles. The topological polar surface area (TPSA) is 12.4 Å². The molecule has 0 aromatic heterocycles. The fourth-order valence-corrected chi connectivity index (χ4v) is 1.17. The van der Waals surface area contributed by atoms with E-state index < -0.39 is 0 Å². The van der Waals surface area contributed by atoms with E-state index >= 15 is 0 Å². The van der Waals surface area contributed by atoms with Crippen LogP contribution in [0, 0.1) is 0 Å². The first-order valence-electron chi connectivity index (χ1n) is 4.78. The highest BCUT2D eigenvalue weighted by Crippen LogP contribution is 1.98. The molecule has 1 heteroatoms. The summed E-state index contributed by atoms with van der Waals surface area (Å²) >= 11 is 0. The van der Waals surface area contributed by atoms with Gasteiger partial charge in [-0.2, -0.15) is 0 Å². The summed E-state index contributed by atoms with van der Waals surface area (Å²) in [6, 6.07) is 0. The van der Waals surface area contributed by atoms with Crippen LogP contribution < -0.4 is 0 Å². The summed E-state index contributed by atoms with van der Waals surface area (Å²) in [4.78, 5) is 4.29. The maximum atomic E-state index is 4.29. The molecule has 12 heavy (non-hydrogen) atoms. The van der Waals surface area contributed by atoms with Crippen molar-refractivity contribution >= 4 is 6.21 Å². The second kappa shape index (κ2) is 6.84. The van der Waals surface area contributed by atoms with Crippen LogP contribution in [0.25, 0.3) is 0 Å². The second-order valence-corrected chi connectivity index (χ2v) is 2.97. The zero-order chi connectivity index (χ0) is 8.49.